The monoisotopic (exact) mass is 405 g/mol. The third kappa shape index (κ3) is 5.35. The first-order valence-corrected chi connectivity index (χ1v) is 10.1. The number of rotatable bonds is 7. The number of nitrogens with one attached hydrogen (secondary N) is 1. The maximum absolute atomic E-state index is 13.0. The summed E-state index contributed by atoms with van der Waals surface area (Å²) in [6, 6.07) is 19.5. The zero-order valence-electron chi connectivity index (χ0n) is 16.6. The number of aromatic nitrogens is 1. The van der Waals surface area contributed by atoms with Crippen LogP contribution in [0.15, 0.2) is 72.9 Å². The molecule has 5 nitrogen and oxygen atoms in total. The fraction of sp³-hybridized carbons (Fsp3) is 0.250. The van der Waals surface area contributed by atoms with E-state index in [1.165, 1.54) is 12.1 Å². The number of ether oxygens (including phenoxy) is 1. The van der Waals surface area contributed by atoms with Crippen LogP contribution in [0.1, 0.15) is 18.4 Å². The number of amides is 1. The normalized spacial score (nSPS) is 15.8. The Labute approximate surface area is 175 Å². The summed E-state index contributed by atoms with van der Waals surface area (Å²) in [6.45, 7) is 1.68. The first-order valence-electron chi connectivity index (χ1n) is 10.1. The van der Waals surface area contributed by atoms with Crippen molar-refractivity contribution < 1.29 is 13.9 Å². The van der Waals surface area contributed by atoms with E-state index in [1.807, 2.05) is 42.5 Å². The minimum absolute atomic E-state index is 0.0488. The molecule has 1 saturated heterocycles. The van der Waals surface area contributed by atoms with Crippen LogP contribution in [-0.4, -0.2) is 30.0 Å². The molecule has 1 unspecified atom stereocenters. The second-order valence-corrected chi connectivity index (χ2v) is 7.39. The quantitative estimate of drug-likeness (QED) is 0.635. The molecule has 6 heteroatoms. The lowest BCUT2D eigenvalue weighted by Gasteiger charge is -2.17. The predicted octanol–water partition coefficient (Wildman–Crippen LogP) is 4.34. The molecule has 154 valence electrons. The third-order valence-electron chi connectivity index (χ3n) is 5.12. The number of aryl methyl sites for hydroxylation is 1. The molecule has 0 bridgehead atoms. The number of halogens is 1. The van der Waals surface area contributed by atoms with Crippen molar-refractivity contribution in [1.82, 2.24) is 10.3 Å². The van der Waals surface area contributed by atoms with E-state index in [1.54, 1.807) is 18.3 Å². The highest BCUT2D eigenvalue weighted by atomic mass is 19.1. The van der Waals surface area contributed by atoms with Crippen LogP contribution in [0.25, 0.3) is 0 Å². The maximum Gasteiger partial charge on any atom is 0.220 e. The molecule has 2 heterocycles. The summed E-state index contributed by atoms with van der Waals surface area (Å²) in [6.07, 6.45) is 3.75. The Morgan fingerprint density at radius 3 is 2.77 bits per heavy atom. The van der Waals surface area contributed by atoms with Gasteiger partial charge in [0.25, 0.3) is 0 Å². The number of anilines is 1. The molecule has 0 radical (unpaired) electrons. The van der Waals surface area contributed by atoms with Gasteiger partial charge in [-0.3, -0.25) is 4.79 Å². The third-order valence-corrected chi connectivity index (χ3v) is 5.12. The Balaban J connectivity index is 1.25. The number of carbonyl (C=O) groups is 1. The Bertz CT molecular complexity index is 979. The van der Waals surface area contributed by atoms with Crippen molar-refractivity contribution in [1.29, 1.82) is 0 Å². The number of hydrogen-bond donors (Lipinski definition) is 1. The molecule has 1 aromatic heterocycles. The molecule has 4 rings (SSSR count). The van der Waals surface area contributed by atoms with Gasteiger partial charge in [-0.2, -0.15) is 0 Å². The molecule has 2 aromatic carbocycles. The molecule has 1 aliphatic heterocycles. The molecular weight excluding hydrogens is 381 g/mol. The largest absolute Gasteiger partial charge is 0.457 e. The highest BCUT2D eigenvalue weighted by Gasteiger charge is 2.24. The van der Waals surface area contributed by atoms with Crippen molar-refractivity contribution in [2.45, 2.75) is 25.3 Å². The number of nitrogens with zero attached hydrogens (tertiary/aromatic N) is 2. The summed E-state index contributed by atoms with van der Waals surface area (Å²) in [5.74, 6) is 1.94. The molecule has 3 aromatic rings. The van der Waals surface area contributed by atoms with E-state index in [4.69, 9.17) is 4.74 Å². The molecular formula is C24H24FN3O2. The van der Waals surface area contributed by atoms with E-state index in [0.717, 1.165) is 30.9 Å². The van der Waals surface area contributed by atoms with Crippen molar-refractivity contribution in [2.24, 2.45) is 0 Å². The van der Waals surface area contributed by atoms with E-state index < -0.39 is 0 Å². The molecule has 1 amide bonds. The van der Waals surface area contributed by atoms with Crippen molar-refractivity contribution in [2.75, 3.05) is 18.0 Å². The number of carbonyl (C=O) groups excluding carboxylic acids is 1. The zero-order valence-corrected chi connectivity index (χ0v) is 16.6. The summed E-state index contributed by atoms with van der Waals surface area (Å²) in [4.78, 5) is 19.0. The van der Waals surface area contributed by atoms with Crippen molar-refractivity contribution in [3.05, 3.63) is 84.3 Å². The van der Waals surface area contributed by atoms with Gasteiger partial charge in [0.2, 0.25) is 5.91 Å². The molecule has 1 atom stereocenters. The smallest absolute Gasteiger partial charge is 0.220 e. The zero-order chi connectivity index (χ0) is 20.8. The molecule has 1 aliphatic rings. The number of benzene rings is 2. The second-order valence-electron chi connectivity index (χ2n) is 7.39. The van der Waals surface area contributed by atoms with Gasteiger partial charge in [-0.1, -0.05) is 18.2 Å². The predicted molar refractivity (Wildman–Crippen MR) is 114 cm³/mol. The lowest BCUT2D eigenvalue weighted by atomic mass is 10.1. The molecule has 1 N–H and O–H groups in total. The van der Waals surface area contributed by atoms with Gasteiger partial charge in [0.1, 0.15) is 23.1 Å². The van der Waals surface area contributed by atoms with E-state index in [-0.39, 0.29) is 17.8 Å². The van der Waals surface area contributed by atoms with Gasteiger partial charge in [-0.05, 0) is 66.9 Å². The topological polar surface area (TPSA) is 54.5 Å². The van der Waals surface area contributed by atoms with Gasteiger partial charge in [-0.25, -0.2) is 9.37 Å². The standard InChI is InChI=1S/C24H24FN3O2/c25-19-8-10-21(11-9-19)30-22-5-3-4-18(16-22)7-12-24(29)27-20-13-15-28(17-20)23-6-1-2-14-26-23/h1-6,8-11,14,16,20H,7,12-13,15,17H2,(H,27,29). The minimum atomic E-state index is -0.299. The summed E-state index contributed by atoms with van der Waals surface area (Å²) in [5, 5.41) is 3.13. The highest BCUT2D eigenvalue weighted by molar-refractivity contribution is 5.76. The minimum Gasteiger partial charge on any atom is -0.457 e. The van der Waals surface area contributed by atoms with Crippen LogP contribution in [0.5, 0.6) is 11.5 Å². The van der Waals surface area contributed by atoms with Crippen LogP contribution < -0.4 is 15.0 Å². The van der Waals surface area contributed by atoms with E-state index in [0.29, 0.717) is 24.3 Å². The molecule has 30 heavy (non-hydrogen) atoms. The van der Waals surface area contributed by atoms with Gasteiger partial charge in [0, 0.05) is 31.7 Å². The summed E-state index contributed by atoms with van der Waals surface area (Å²) in [5.41, 5.74) is 1.02. The SMILES string of the molecule is O=C(CCc1cccc(Oc2ccc(F)cc2)c1)NC1CCN(c2ccccn2)C1. The van der Waals surface area contributed by atoms with Gasteiger partial charge in [0.05, 0.1) is 0 Å². The average molecular weight is 405 g/mol. The van der Waals surface area contributed by atoms with Crippen LogP contribution in [0.4, 0.5) is 10.2 Å². The second kappa shape index (κ2) is 9.39. The number of pyridine rings is 1. The molecule has 0 saturated carbocycles. The summed E-state index contributed by atoms with van der Waals surface area (Å²) in [7, 11) is 0. The first kappa shape index (κ1) is 19.9. The van der Waals surface area contributed by atoms with Gasteiger partial charge in [0.15, 0.2) is 0 Å². The van der Waals surface area contributed by atoms with Crippen LogP contribution in [0.2, 0.25) is 0 Å². The van der Waals surface area contributed by atoms with Gasteiger partial charge < -0.3 is 15.0 Å². The maximum atomic E-state index is 13.0. The van der Waals surface area contributed by atoms with Gasteiger partial charge in [-0.15, -0.1) is 0 Å². The van der Waals surface area contributed by atoms with Crippen molar-refractivity contribution in [3.63, 3.8) is 0 Å². The van der Waals surface area contributed by atoms with Crippen LogP contribution >= 0.6 is 0 Å². The van der Waals surface area contributed by atoms with E-state index in [9.17, 15) is 9.18 Å². The summed E-state index contributed by atoms with van der Waals surface area (Å²) >= 11 is 0. The Morgan fingerprint density at radius 1 is 1.10 bits per heavy atom. The molecule has 0 aliphatic carbocycles. The van der Waals surface area contributed by atoms with Crippen molar-refractivity contribution >= 4 is 11.7 Å². The van der Waals surface area contributed by atoms with Crippen LogP contribution in [0.3, 0.4) is 0 Å². The fourth-order valence-corrected chi connectivity index (χ4v) is 3.59. The van der Waals surface area contributed by atoms with Crippen molar-refractivity contribution in [3.8, 4) is 11.5 Å². The summed E-state index contributed by atoms with van der Waals surface area (Å²) < 4.78 is 18.8. The Hall–Kier alpha value is -3.41. The Kier molecular flexibility index (Phi) is 6.23. The fourth-order valence-electron chi connectivity index (χ4n) is 3.59. The Morgan fingerprint density at radius 2 is 1.97 bits per heavy atom. The molecule has 0 spiro atoms. The highest BCUT2D eigenvalue weighted by Crippen LogP contribution is 2.23. The number of hydrogen-bond acceptors (Lipinski definition) is 4. The first-order chi connectivity index (χ1) is 14.7. The lowest BCUT2D eigenvalue weighted by molar-refractivity contribution is -0.121. The van der Waals surface area contributed by atoms with Crippen LogP contribution in [0, 0.1) is 5.82 Å². The van der Waals surface area contributed by atoms with E-state index in [2.05, 4.69) is 15.2 Å². The molecule has 1 fully saturated rings. The van der Waals surface area contributed by atoms with Crippen LogP contribution in [-0.2, 0) is 11.2 Å². The van der Waals surface area contributed by atoms with E-state index >= 15 is 0 Å². The van der Waals surface area contributed by atoms with Gasteiger partial charge >= 0.3 is 0 Å². The lowest BCUT2D eigenvalue weighted by Crippen LogP contribution is -2.37. The average Bonchev–Trinajstić information content (AvgIpc) is 3.23.